The van der Waals surface area contributed by atoms with Gasteiger partial charge in [-0.15, -0.1) is 0 Å². The minimum absolute atomic E-state index is 0.106. The number of nitrogens with zero attached hydrogens (tertiary/aromatic N) is 6. The summed E-state index contributed by atoms with van der Waals surface area (Å²) in [4.78, 5) is 42.4. The molecule has 1 N–H and O–H groups in total. The van der Waals surface area contributed by atoms with Crippen LogP contribution < -0.4 is 5.32 Å². The highest BCUT2D eigenvalue weighted by atomic mass is 16.6. The van der Waals surface area contributed by atoms with Crippen LogP contribution in [0, 0.1) is 13.8 Å². The van der Waals surface area contributed by atoms with Gasteiger partial charge in [-0.05, 0) is 39.8 Å². The molecule has 2 aromatic carbocycles. The van der Waals surface area contributed by atoms with Crippen LogP contribution in [0.4, 0.5) is 10.5 Å². The molecular weight excluding hydrogens is 534 g/mol. The van der Waals surface area contributed by atoms with Gasteiger partial charge in [0, 0.05) is 37.9 Å². The van der Waals surface area contributed by atoms with Gasteiger partial charge >= 0.3 is 6.09 Å². The largest absolute Gasteiger partial charge is 0.450 e. The van der Waals surface area contributed by atoms with Crippen molar-refractivity contribution in [3.8, 4) is 16.9 Å². The van der Waals surface area contributed by atoms with Crippen LogP contribution in [-0.2, 0) is 9.53 Å². The molecule has 1 unspecified atom stereocenters. The lowest BCUT2D eigenvalue weighted by Gasteiger charge is -2.35. The number of rotatable bonds is 7. The van der Waals surface area contributed by atoms with E-state index in [1.54, 1.807) is 46.1 Å². The fourth-order valence-electron chi connectivity index (χ4n) is 5.08. The number of ether oxygens (including phenoxy) is 1. The van der Waals surface area contributed by atoms with Crippen LogP contribution in [-0.4, -0.2) is 80.1 Å². The van der Waals surface area contributed by atoms with E-state index >= 15 is 0 Å². The summed E-state index contributed by atoms with van der Waals surface area (Å²) in [6, 6.07) is 18.7. The molecule has 4 aromatic rings. The Bertz CT molecular complexity index is 1570. The highest BCUT2D eigenvalue weighted by molar-refractivity contribution is 6.09. The third-order valence-corrected chi connectivity index (χ3v) is 7.43. The first kappa shape index (κ1) is 28.6. The van der Waals surface area contributed by atoms with E-state index < -0.39 is 6.04 Å². The Balaban J connectivity index is 1.35. The number of hydrogen-bond donors (Lipinski definition) is 1. The Morgan fingerprint density at radius 1 is 0.905 bits per heavy atom. The zero-order valence-corrected chi connectivity index (χ0v) is 24.3. The lowest BCUT2D eigenvalue weighted by Crippen LogP contribution is -2.52. The molecule has 11 heteroatoms. The van der Waals surface area contributed by atoms with E-state index in [1.807, 2.05) is 67.6 Å². The molecule has 218 valence electrons. The molecule has 1 saturated heterocycles. The number of piperazine rings is 1. The van der Waals surface area contributed by atoms with E-state index in [0.717, 1.165) is 11.3 Å². The van der Waals surface area contributed by atoms with E-state index in [-0.39, 0.29) is 17.9 Å². The average Bonchev–Trinajstić information content (AvgIpc) is 3.56. The summed E-state index contributed by atoms with van der Waals surface area (Å²) in [6.07, 6.45) is 1.32. The van der Waals surface area contributed by atoms with Crippen molar-refractivity contribution < 1.29 is 19.1 Å². The summed E-state index contributed by atoms with van der Waals surface area (Å²) in [6.45, 7) is 9.18. The van der Waals surface area contributed by atoms with Crippen LogP contribution in [0.3, 0.4) is 0 Å². The third kappa shape index (κ3) is 5.76. The van der Waals surface area contributed by atoms with Gasteiger partial charge in [0.25, 0.3) is 5.91 Å². The second kappa shape index (κ2) is 12.3. The van der Waals surface area contributed by atoms with Crippen LogP contribution >= 0.6 is 0 Å². The molecule has 0 radical (unpaired) electrons. The standard InChI is InChI=1S/C31H35N7O4/c1-5-42-31(41)36-18-16-35(17-19-36)30(40)23(4)37-20-26(21(2)33-37)32-29(39)27-22(3)38(25-14-10-7-11-15-25)34-28(27)24-12-8-6-9-13-24/h6-15,20,23H,5,16-19H2,1-4H3,(H,32,39). The highest BCUT2D eigenvalue weighted by Crippen LogP contribution is 2.29. The SMILES string of the molecule is CCOC(=O)N1CCN(C(=O)C(C)n2cc(NC(=O)c3c(-c4ccccc4)nn(-c4ccccc4)c3C)c(C)n2)CC1. The molecule has 1 fully saturated rings. The molecule has 11 nitrogen and oxygen atoms in total. The minimum Gasteiger partial charge on any atom is -0.450 e. The summed E-state index contributed by atoms with van der Waals surface area (Å²) in [7, 11) is 0. The van der Waals surface area contributed by atoms with Gasteiger partial charge in [-0.3, -0.25) is 14.3 Å². The number of anilines is 1. The van der Waals surface area contributed by atoms with E-state index in [4.69, 9.17) is 9.84 Å². The van der Waals surface area contributed by atoms with E-state index in [2.05, 4.69) is 10.4 Å². The topological polar surface area (TPSA) is 115 Å². The Morgan fingerprint density at radius 2 is 1.52 bits per heavy atom. The normalized spacial score (nSPS) is 14.0. The molecule has 0 aliphatic carbocycles. The number of aryl methyl sites for hydroxylation is 1. The molecule has 0 saturated carbocycles. The van der Waals surface area contributed by atoms with E-state index in [1.165, 1.54) is 0 Å². The number of aromatic nitrogens is 4. The number of nitrogens with one attached hydrogen (secondary N) is 1. The fraction of sp³-hybridized carbons (Fsp3) is 0.323. The molecule has 3 heterocycles. The van der Waals surface area contributed by atoms with E-state index in [0.29, 0.717) is 61.1 Å². The Kier molecular flexibility index (Phi) is 8.37. The van der Waals surface area contributed by atoms with Gasteiger partial charge in [0.1, 0.15) is 11.7 Å². The summed E-state index contributed by atoms with van der Waals surface area (Å²) in [5, 5.41) is 12.4. The molecule has 0 spiro atoms. The maximum atomic E-state index is 13.8. The van der Waals surface area contributed by atoms with Gasteiger partial charge < -0.3 is 19.9 Å². The van der Waals surface area contributed by atoms with E-state index in [9.17, 15) is 14.4 Å². The first-order chi connectivity index (χ1) is 20.3. The summed E-state index contributed by atoms with van der Waals surface area (Å²) in [5.41, 5.74) is 4.52. The molecule has 0 bridgehead atoms. The van der Waals surface area contributed by atoms with Gasteiger partial charge in [-0.1, -0.05) is 48.5 Å². The summed E-state index contributed by atoms with van der Waals surface area (Å²) in [5.74, 6) is -0.421. The van der Waals surface area contributed by atoms with Crippen molar-refractivity contribution in [3.05, 3.63) is 83.8 Å². The number of hydrogen-bond acceptors (Lipinski definition) is 6. The van der Waals surface area contributed by atoms with Gasteiger partial charge in [0.05, 0.1) is 34.9 Å². The second-order valence-electron chi connectivity index (χ2n) is 10.2. The Hall–Kier alpha value is -4.93. The molecule has 1 atom stereocenters. The van der Waals surface area contributed by atoms with Crippen LogP contribution in [0.15, 0.2) is 66.9 Å². The Labute approximate surface area is 244 Å². The van der Waals surface area contributed by atoms with Gasteiger partial charge in [-0.25, -0.2) is 9.48 Å². The first-order valence-electron chi connectivity index (χ1n) is 14.1. The molecule has 1 aliphatic rings. The lowest BCUT2D eigenvalue weighted by molar-refractivity contribution is -0.136. The van der Waals surface area contributed by atoms with Crippen LogP contribution in [0.1, 0.15) is 41.6 Å². The predicted octanol–water partition coefficient (Wildman–Crippen LogP) is 4.47. The van der Waals surface area contributed by atoms with Gasteiger partial charge in [-0.2, -0.15) is 10.2 Å². The highest BCUT2D eigenvalue weighted by Gasteiger charge is 2.29. The minimum atomic E-state index is -0.592. The smallest absolute Gasteiger partial charge is 0.409 e. The van der Waals surface area contributed by atoms with Gasteiger partial charge in [0.15, 0.2) is 0 Å². The molecule has 1 aliphatic heterocycles. The monoisotopic (exact) mass is 569 g/mol. The molecular formula is C31H35N7O4. The number of amides is 3. The maximum absolute atomic E-state index is 13.8. The lowest BCUT2D eigenvalue weighted by atomic mass is 10.1. The number of carbonyl (C=O) groups excluding carboxylic acids is 3. The number of para-hydroxylation sites is 1. The van der Waals surface area contributed by atoms with Crippen LogP contribution in [0.2, 0.25) is 0 Å². The van der Waals surface area contributed by atoms with Crippen molar-refractivity contribution in [2.75, 3.05) is 38.1 Å². The Morgan fingerprint density at radius 3 is 2.17 bits per heavy atom. The predicted molar refractivity (Wildman–Crippen MR) is 159 cm³/mol. The van der Waals surface area contributed by atoms with Crippen molar-refractivity contribution in [2.24, 2.45) is 0 Å². The maximum Gasteiger partial charge on any atom is 0.409 e. The van der Waals surface area contributed by atoms with Gasteiger partial charge in [0.2, 0.25) is 5.91 Å². The second-order valence-corrected chi connectivity index (χ2v) is 10.2. The molecule has 5 rings (SSSR count). The quantitative estimate of drug-likeness (QED) is 0.351. The van der Waals surface area contributed by atoms with Crippen molar-refractivity contribution in [3.63, 3.8) is 0 Å². The zero-order valence-electron chi connectivity index (χ0n) is 24.3. The fourth-order valence-corrected chi connectivity index (χ4v) is 5.08. The van der Waals surface area contributed by atoms with Crippen LogP contribution in [0.5, 0.6) is 0 Å². The third-order valence-electron chi connectivity index (χ3n) is 7.43. The van der Waals surface area contributed by atoms with Crippen LogP contribution in [0.25, 0.3) is 16.9 Å². The average molecular weight is 570 g/mol. The van der Waals surface area contributed by atoms with Crippen molar-refractivity contribution in [1.82, 2.24) is 29.4 Å². The molecule has 2 aromatic heterocycles. The molecule has 42 heavy (non-hydrogen) atoms. The summed E-state index contributed by atoms with van der Waals surface area (Å²) >= 11 is 0. The zero-order chi connectivity index (χ0) is 29.8. The first-order valence-corrected chi connectivity index (χ1v) is 14.1. The molecule has 3 amide bonds. The number of benzene rings is 2. The summed E-state index contributed by atoms with van der Waals surface area (Å²) < 4.78 is 8.41. The number of carbonyl (C=O) groups is 3. The van der Waals surface area contributed by atoms with Crippen molar-refractivity contribution >= 4 is 23.6 Å². The van der Waals surface area contributed by atoms with Crippen molar-refractivity contribution in [1.29, 1.82) is 0 Å². The van der Waals surface area contributed by atoms with Crippen molar-refractivity contribution in [2.45, 2.75) is 33.7 Å².